The first-order chi connectivity index (χ1) is 8.28. The van der Waals surface area contributed by atoms with Crippen LogP contribution in [0.3, 0.4) is 0 Å². The molecule has 0 radical (unpaired) electrons. The van der Waals surface area contributed by atoms with Crippen LogP contribution in [0.15, 0.2) is 18.2 Å². The molecule has 0 spiro atoms. The van der Waals surface area contributed by atoms with E-state index < -0.39 is 5.95 Å². The van der Waals surface area contributed by atoms with Crippen molar-refractivity contribution < 1.29 is 4.39 Å². The molecule has 3 nitrogen and oxygen atoms in total. The lowest BCUT2D eigenvalue weighted by Gasteiger charge is -2.31. The topological polar surface area (TPSA) is 28.2 Å². The molecular weight excluding hydrogens is 217 g/mol. The minimum atomic E-state index is -0.445. The second kappa shape index (κ2) is 5.65. The summed E-state index contributed by atoms with van der Waals surface area (Å²) in [6, 6.07) is 5.16. The number of nitrogens with zero attached hydrogens (tertiary/aromatic N) is 2. The third-order valence-corrected chi connectivity index (χ3v) is 2.97. The maximum absolute atomic E-state index is 12.9. The van der Waals surface area contributed by atoms with E-state index in [0.717, 1.165) is 25.9 Å². The van der Waals surface area contributed by atoms with Gasteiger partial charge in [-0.15, -0.1) is 6.42 Å². The van der Waals surface area contributed by atoms with Crippen LogP contribution in [-0.4, -0.2) is 35.6 Å². The summed E-state index contributed by atoms with van der Waals surface area (Å²) in [7, 11) is 0. The van der Waals surface area contributed by atoms with Gasteiger partial charge < -0.3 is 5.32 Å². The summed E-state index contributed by atoms with van der Waals surface area (Å²) in [5, 5.41) is 3.25. The van der Waals surface area contributed by atoms with E-state index in [0.29, 0.717) is 18.4 Å². The van der Waals surface area contributed by atoms with Crippen LogP contribution in [-0.2, 0) is 0 Å². The van der Waals surface area contributed by atoms with Crippen molar-refractivity contribution in [3.63, 3.8) is 0 Å². The SMILES string of the molecule is C#CCN1CCC(Nc2cccc(F)n2)CC1. The largest absolute Gasteiger partial charge is 0.367 e. The Balaban J connectivity index is 1.84. The van der Waals surface area contributed by atoms with Crippen LogP contribution < -0.4 is 5.32 Å². The number of hydrogen-bond acceptors (Lipinski definition) is 3. The molecule has 2 heterocycles. The summed E-state index contributed by atoms with van der Waals surface area (Å²) in [6.07, 6.45) is 7.30. The molecule has 1 aromatic rings. The number of likely N-dealkylation sites (tertiary alicyclic amines) is 1. The van der Waals surface area contributed by atoms with E-state index in [2.05, 4.69) is 21.1 Å². The van der Waals surface area contributed by atoms with Crippen molar-refractivity contribution in [3.8, 4) is 12.3 Å². The third kappa shape index (κ3) is 3.43. The Bertz CT molecular complexity index is 405. The average molecular weight is 233 g/mol. The molecule has 0 aromatic carbocycles. The second-order valence-electron chi connectivity index (χ2n) is 4.24. The molecule has 2 rings (SSSR count). The highest BCUT2D eigenvalue weighted by Crippen LogP contribution is 2.14. The monoisotopic (exact) mass is 233 g/mol. The molecule has 0 unspecified atom stereocenters. The van der Waals surface area contributed by atoms with Crippen LogP contribution in [0.5, 0.6) is 0 Å². The molecule has 4 heteroatoms. The lowest BCUT2D eigenvalue weighted by molar-refractivity contribution is 0.243. The van der Waals surface area contributed by atoms with E-state index in [1.165, 1.54) is 6.07 Å². The van der Waals surface area contributed by atoms with Gasteiger partial charge in [-0.05, 0) is 25.0 Å². The Labute approximate surface area is 101 Å². The van der Waals surface area contributed by atoms with E-state index in [1.54, 1.807) is 12.1 Å². The van der Waals surface area contributed by atoms with E-state index in [-0.39, 0.29) is 0 Å². The van der Waals surface area contributed by atoms with Gasteiger partial charge in [-0.3, -0.25) is 4.90 Å². The van der Waals surface area contributed by atoms with Crippen molar-refractivity contribution in [2.24, 2.45) is 0 Å². The standard InChI is InChI=1S/C13H16FN3/c1-2-8-17-9-6-11(7-10-17)15-13-5-3-4-12(14)16-13/h1,3-5,11H,6-10H2,(H,15,16). The zero-order valence-electron chi connectivity index (χ0n) is 9.69. The second-order valence-corrected chi connectivity index (χ2v) is 4.24. The highest BCUT2D eigenvalue weighted by Gasteiger charge is 2.18. The molecule has 1 N–H and O–H groups in total. The Hall–Kier alpha value is -1.60. The van der Waals surface area contributed by atoms with E-state index >= 15 is 0 Å². The van der Waals surface area contributed by atoms with Crippen molar-refractivity contribution in [1.29, 1.82) is 0 Å². The van der Waals surface area contributed by atoms with Crippen molar-refractivity contribution >= 4 is 5.82 Å². The highest BCUT2D eigenvalue weighted by atomic mass is 19.1. The average Bonchev–Trinajstić information content (AvgIpc) is 2.32. The van der Waals surface area contributed by atoms with Crippen molar-refractivity contribution in [1.82, 2.24) is 9.88 Å². The summed E-state index contributed by atoms with van der Waals surface area (Å²) in [6.45, 7) is 2.68. The van der Waals surface area contributed by atoms with Gasteiger partial charge in [0.15, 0.2) is 0 Å². The van der Waals surface area contributed by atoms with Crippen LogP contribution >= 0.6 is 0 Å². The number of halogens is 1. The Kier molecular flexibility index (Phi) is 3.94. The summed E-state index contributed by atoms with van der Waals surface area (Å²) in [5.41, 5.74) is 0. The maximum atomic E-state index is 12.9. The molecule has 0 amide bonds. The number of terminal acetylenes is 1. The molecule has 17 heavy (non-hydrogen) atoms. The van der Waals surface area contributed by atoms with Crippen LogP contribution in [0.4, 0.5) is 10.2 Å². The van der Waals surface area contributed by atoms with Gasteiger partial charge in [0.2, 0.25) is 5.95 Å². The number of aromatic nitrogens is 1. The van der Waals surface area contributed by atoms with Crippen LogP contribution in [0, 0.1) is 18.3 Å². The lowest BCUT2D eigenvalue weighted by Crippen LogP contribution is -2.39. The van der Waals surface area contributed by atoms with Crippen molar-refractivity contribution in [3.05, 3.63) is 24.1 Å². The predicted molar refractivity (Wildman–Crippen MR) is 66.1 cm³/mol. The molecule has 1 saturated heterocycles. The first-order valence-electron chi connectivity index (χ1n) is 5.83. The van der Waals surface area contributed by atoms with Gasteiger partial charge in [-0.2, -0.15) is 4.39 Å². The minimum absolute atomic E-state index is 0.360. The van der Waals surface area contributed by atoms with Gasteiger partial charge in [0.05, 0.1) is 6.54 Å². The van der Waals surface area contributed by atoms with Gasteiger partial charge in [0.25, 0.3) is 0 Å². The van der Waals surface area contributed by atoms with Gasteiger partial charge in [0, 0.05) is 19.1 Å². The molecule has 1 aliphatic heterocycles. The van der Waals surface area contributed by atoms with Gasteiger partial charge in [-0.1, -0.05) is 12.0 Å². The molecule has 1 fully saturated rings. The molecule has 90 valence electrons. The number of anilines is 1. The fourth-order valence-electron chi connectivity index (χ4n) is 2.06. The summed E-state index contributed by atoms with van der Waals surface area (Å²) in [5.74, 6) is 2.82. The first kappa shape index (κ1) is 11.9. The fourth-order valence-corrected chi connectivity index (χ4v) is 2.06. The predicted octanol–water partition coefficient (Wildman–Crippen LogP) is 1.73. The molecule has 0 saturated carbocycles. The third-order valence-electron chi connectivity index (χ3n) is 2.97. The number of nitrogens with one attached hydrogen (secondary N) is 1. The summed E-state index contributed by atoms with van der Waals surface area (Å²) < 4.78 is 12.9. The first-order valence-corrected chi connectivity index (χ1v) is 5.83. The molecule has 0 atom stereocenters. The number of pyridine rings is 1. The van der Waals surface area contributed by atoms with Gasteiger partial charge in [-0.25, -0.2) is 4.98 Å². The van der Waals surface area contributed by atoms with Crippen LogP contribution in [0.2, 0.25) is 0 Å². The Morgan fingerprint density at radius 1 is 1.47 bits per heavy atom. The molecular formula is C13H16FN3. The van der Waals surface area contributed by atoms with E-state index in [9.17, 15) is 4.39 Å². The Morgan fingerprint density at radius 2 is 2.24 bits per heavy atom. The van der Waals surface area contributed by atoms with Crippen molar-refractivity contribution in [2.45, 2.75) is 18.9 Å². The van der Waals surface area contributed by atoms with Crippen LogP contribution in [0.25, 0.3) is 0 Å². The molecule has 1 aromatic heterocycles. The fraction of sp³-hybridized carbons (Fsp3) is 0.462. The molecule has 0 aliphatic carbocycles. The maximum Gasteiger partial charge on any atom is 0.214 e. The lowest BCUT2D eigenvalue weighted by atomic mass is 10.1. The minimum Gasteiger partial charge on any atom is -0.367 e. The Morgan fingerprint density at radius 3 is 2.88 bits per heavy atom. The summed E-state index contributed by atoms with van der Waals surface area (Å²) in [4.78, 5) is 6.05. The number of rotatable bonds is 3. The zero-order chi connectivity index (χ0) is 12.1. The van der Waals surface area contributed by atoms with Gasteiger partial charge in [0.1, 0.15) is 5.82 Å². The zero-order valence-corrected chi connectivity index (χ0v) is 9.69. The van der Waals surface area contributed by atoms with Crippen LogP contribution in [0.1, 0.15) is 12.8 Å². The number of hydrogen-bond donors (Lipinski definition) is 1. The quantitative estimate of drug-likeness (QED) is 0.636. The van der Waals surface area contributed by atoms with E-state index in [1.807, 2.05) is 0 Å². The van der Waals surface area contributed by atoms with Crippen molar-refractivity contribution in [2.75, 3.05) is 25.0 Å². The summed E-state index contributed by atoms with van der Waals surface area (Å²) >= 11 is 0. The normalized spacial score (nSPS) is 17.6. The van der Waals surface area contributed by atoms with E-state index in [4.69, 9.17) is 6.42 Å². The van der Waals surface area contributed by atoms with Gasteiger partial charge >= 0.3 is 0 Å². The highest BCUT2D eigenvalue weighted by molar-refractivity contribution is 5.34. The number of piperidine rings is 1. The smallest absolute Gasteiger partial charge is 0.214 e. The molecule has 1 aliphatic rings. The molecule has 0 bridgehead atoms.